The Bertz CT molecular complexity index is 903. The molecule has 2 aromatic rings. The maximum atomic E-state index is 12.6. The molecular weight excluding hydrogens is 374 g/mol. The van der Waals surface area contributed by atoms with Crippen LogP contribution in [0.15, 0.2) is 41.3 Å². The first-order chi connectivity index (χ1) is 12.0. The summed E-state index contributed by atoms with van der Waals surface area (Å²) in [5, 5.41) is 2.32. The van der Waals surface area contributed by atoms with E-state index >= 15 is 0 Å². The summed E-state index contributed by atoms with van der Waals surface area (Å²) in [7, 11) is -1.83. The molecule has 26 heavy (non-hydrogen) atoms. The van der Waals surface area contributed by atoms with E-state index in [0.717, 1.165) is 10.8 Å². The Kier molecular flexibility index (Phi) is 6.19. The minimum atomic E-state index is -3.43. The van der Waals surface area contributed by atoms with Gasteiger partial charge < -0.3 is 9.64 Å². The first-order valence-electron chi connectivity index (χ1n) is 8.34. The van der Waals surface area contributed by atoms with Gasteiger partial charge in [0.05, 0.1) is 10.6 Å². The molecule has 0 N–H and O–H groups in total. The number of rotatable bonds is 5. The molecule has 0 aliphatic heterocycles. The fourth-order valence-corrected chi connectivity index (χ4v) is 3.94. The van der Waals surface area contributed by atoms with E-state index in [4.69, 9.17) is 16.3 Å². The number of carbonyl (C=O) groups excluding carboxylic acids is 1. The van der Waals surface area contributed by atoms with E-state index in [0.29, 0.717) is 18.0 Å². The number of amides is 1. The molecule has 7 heteroatoms. The Morgan fingerprint density at radius 2 is 1.73 bits per heavy atom. The summed E-state index contributed by atoms with van der Waals surface area (Å²) in [6, 6.07) is 10.3. The fourth-order valence-electron chi connectivity index (χ4n) is 2.43. The van der Waals surface area contributed by atoms with Crippen molar-refractivity contribution in [3.05, 3.63) is 41.4 Å². The molecule has 0 fully saturated rings. The van der Waals surface area contributed by atoms with Crippen molar-refractivity contribution in [2.24, 2.45) is 0 Å². The van der Waals surface area contributed by atoms with Gasteiger partial charge in [0.25, 0.3) is 0 Å². The van der Waals surface area contributed by atoms with Crippen LogP contribution in [0.2, 0.25) is 5.02 Å². The molecule has 2 rings (SSSR count). The zero-order valence-electron chi connectivity index (χ0n) is 15.5. The molecule has 0 spiro atoms. The summed E-state index contributed by atoms with van der Waals surface area (Å²) in [4.78, 5) is 13.6. The van der Waals surface area contributed by atoms with Crippen LogP contribution in [-0.2, 0) is 14.6 Å². The Balaban J connectivity index is 2.00. The molecule has 0 saturated carbocycles. The predicted molar refractivity (Wildman–Crippen MR) is 104 cm³/mol. The Morgan fingerprint density at radius 1 is 1.12 bits per heavy atom. The van der Waals surface area contributed by atoms with Crippen LogP contribution in [0.5, 0.6) is 0 Å². The summed E-state index contributed by atoms with van der Waals surface area (Å²) in [6.45, 7) is 5.67. The van der Waals surface area contributed by atoms with E-state index < -0.39 is 21.5 Å². The van der Waals surface area contributed by atoms with Gasteiger partial charge in [-0.2, -0.15) is 0 Å². The van der Waals surface area contributed by atoms with E-state index in [1.54, 1.807) is 64.2 Å². The van der Waals surface area contributed by atoms with E-state index in [2.05, 4.69) is 0 Å². The highest BCUT2D eigenvalue weighted by Crippen LogP contribution is 2.23. The summed E-state index contributed by atoms with van der Waals surface area (Å²) >= 11 is 5.95. The third kappa shape index (κ3) is 5.61. The first-order valence-corrected chi connectivity index (χ1v) is 10.4. The number of fused-ring (bicyclic) bond motifs is 1. The van der Waals surface area contributed by atoms with Gasteiger partial charge in [0.1, 0.15) is 5.60 Å². The highest BCUT2D eigenvalue weighted by Gasteiger charge is 2.20. The molecule has 0 aliphatic rings. The predicted octanol–water partition coefficient (Wildman–Crippen LogP) is 4.52. The third-order valence-electron chi connectivity index (χ3n) is 3.74. The molecule has 0 bridgehead atoms. The van der Waals surface area contributed by atoms with Crippen molar-refractivity contribution in [3.63, 3.8) is 0 Å². The van der Waals surface area contributed by atoms with Gasteiger partial charge in [0.15, 0.2) is 9.84 Å². The van der Waals surface area contributed by atoms with Crippen molar-refractivity contribution in [1.82, 2.24) is 4.90 Å². The zero-order valence-corrected chi connectivity index (χ0v) is 17.0. The number of benzene rings is 2. The third-order valence-corrected chi connectivity index (χ3v) is 5.78. The average Bonchev–Trinajstić information content (AvgIpc) is 2.52. The van der Waals surface area contributed by atoms with Gasteiger partial charge in [0, 0.05) is 18.6 Å². The monoisotopic (exact) mass is 397 g/mol. The van der Waals surface area contributed by atoms with Crippen LogP contribution in [0.1, 0.15) is 27.2 Å². The number of hydrogen-bond acceptors (Lipinski definition) is 4. The van der Waals surface area contributed by atoms with Crippen molar-refractivity contribution in [2.75, 3.05) is 19.3 Å². The lowest BCUT2D eigenvalue weighted by Gasteiger charge is -2.24. The highest BCUT2D eigenvalue weighted by molar-refractivity contribution is 7.91. The highest BCUT2D eigenvalue weighted by atomic mass is 35.5. The van der Waals surface area contributed by atoms with Gasteiger partial charge in [0.2, 0.25) is 0 Å². The minimum absolute atomic E-state index is 0.0424. The second-order valence-corrected chi connectivity index (χ2v) is 9.77. The Labute approximate surface area is 159 Å². The molecule has 0 radical (unpaired) electrons. The summed E-state index contributed by atoms with van der Waals surface area (Å²) in [5.74, 6) is -0.0424. The number of hydrogen-bond donors (Lipinski definition) is 0. The number of halogens is 1. The molecular formula is C19H24ClNO4S. The minimum Gasteiger partial charge on any atom is -0.444 e. The van der Waals surface area contributed by atoms with Crippen LogP contribution in [0.25, 0.3) is 10.8 Å². The van der Waals surface area contributed by atoms with Crippen molar-refractivity contribution < 1.29 is 17.9 Å². The van der Waals surface area contributed by atoms with Gasteiger partial charge in [-0.1, -0.05) is 23.7 Å². The van der Waals surface area contributed by atoms with Crippen LogP contribution in [0.3, 0.4) is 0 Å². The quantitative estimate of drug-likeness (QED) is 0.743. The molecule has 2 aromatic carbocycles. The molecule has 1 amide bonds. The number of sulfone groups is 1. The second kappa shape index (κ2) is 7.84. The zero-order chi connectivity index (χ0) is 19.5. The maximum absolute atomic E-state index is 12.6. The normalized spacial score (nSPS) is 12.2. The fraction of sp³-hybridized carbons (Fsp3) is 0.421. The van der Waals surface area contributed by atoms with Gasteiger partial charge >= 0.3 is 6.09 Å². The standard InChI is InChI=1S/C19H24ClNO4S/c1-19(2,3)25-18(22)21(4)10-5-11-26(23,24)17-9-7-14-12-16(20)8-6-15(14)13-17/h6-9,12-13H,5,10-11H2,1-4H3. The first kappa shape index (κ1) is 20.5. The van der Waals surface area contributed by atoms with Crippen molar-refractivity contribution in [3.8, 4) is 0 Å². The van der Waals surface area contributed by atoms with Crippen LogP contribution in [-0.4, -0.2) is 44.4 Å². The average molecular weight is 398 g/mol. The summed E-state index contributed by atoms with van der Waals surface area (Å²) in [6.07, 6.45) is -0.131. The SMILES string of the molecule is CN(CCCS(=O)(=O)c1ccc2cc(Cl)ccc2c1)C(=O)OC(C)(C)C. The number of carbonyl (C=O) groups is 1. The van der Waals surface area contributed by atoms with E-state index in [1.165, 1.54) is 4.90 Å². The van der Waals surface area contributed by atoms with E-state index in [1.807, 2.05) is 0 Å². The lowest BCUT2D eigenvalue weighted by Crippen LogP contribution is -2.35. The van der Waals surface area contributed by atoms with Crippen LogP contribution in [0, 0.1) is 0 Å². The Hall–Kier alpha value is -1.79. The van der Waals surface area contributed by atoms with Crippen molar-refractivity contribution in [1.29, 1.82) is 0 Å². The molecule has 0 atom stereocenters. The van der Waals surface area contributed by atoms with E-state index in [9.17, 15) is 13.2 Å². The molecule has 5 nitrogen and oxygen atoms in total. The molecule has 0 aliphatic carbocycles. The number of ether oxygens (including phenoxy) is 1. The summed E-state index contributed by atoms with van der Waals surface area (Å²) < 4.78 is 30.4. The van der Waals surface area contributed by atoms with Gasteiger partial charge in [-0.05, 0) is 62.2 Å². The van der Waals surface area contributed by atoms with E-state index in [-0.39, 0.29) is 10.6 Å². The topological polar surface area (TPSA) is 63.7 Å². The van der Waals surface area contributed by atoms with Crippen LogP contribution in [0.4, 0.5) is 4.79 Å². The van der Waals surface area contributed by atoms with Crippen LogP contribution < -0.4 is 0 Å². The van der Waals surface area contributed by atoms with Crippen molar-refractivity contribution >= 4 is 38.3 Å². The molecule has 0 unspecified atom stereocenters. The number of nitrogens with zero attached hydrogens (tertiary/aromatic N) is 1. The lowest BCUT2D eigenvalue weighted by atomic mass is 10.1. The smallest absolute Gasteiger partial charge is 0.410 e. The molecule has 142 valence electrons. The lowest BCUT2D eigenvalue weighted by molar-refractivity contribution is 0.0299. The Morgan fingerprint density at radius 3 is 2.38 bits per heavy atom. The molecule has 0 heterocycles. The largest absolute Gasteiger partial charge is 0.444 e. The van der Waals surface area contributed by atoms with Crippen LogP contribution >= 0.6 is 11.6 Å². The molecule has 0 aromatic heterocycles. The van der Waals surface area contributed by atoms with Gasteiger partial charge in [-0.25, -0.2) is 13.2 Å². The maximum Gasteiger partial charge on any atom is 0.410 e. The van der Waals surface area contributed by atoms with Crippen molar-refractivity contribution in [2.45, 2.75) is 37.7 Å². The second-order valence-electron chi connectivity index (χ2n) is 7.23. The molecule has 0 saturated heterocycles. The van der Waals surface area contributed by atoms with Gasteiger partial charge in [-0.3, -0.25) is 0 Å². The summed E-state index contributed by atoms with van der Waals surface area (Å²) in [5.41, 5.74) is -0.578. The van der Waals surface area contributed by atoms with Gasteiger partial charge in [-0.15, -0.1) is 0 Å².